The van der Waals surface area contributed by atoms with Gasteiger partial charge in [0.05, 0.1) is 5.92 Å². The molecule has 0 spiro atoms. The number of nitriles is 1. The van der Waals surface area contributed by atoms with Gasteiger partial charge in [-0.3, -0.25) is 4.79 Å². The third-order valence-electron chi connectivity index (χ3n) is 5.11. The second-order valence-electron chi connectivity index (χ2n) is 6.76. The molecule has 4 rings (SSSR count). The molecule has 2 aliphatic rings. The number of carbonyl (C=O) groups is 1. The van der Waals surface area contributed by atoms with Crippen LogP contribution in [0, 0.1) is 11.3 Å². The molecule has 2 N–H and O–H groups in total. The lowest BCUT2D eigenvalue weighted by atomic mass is 9.74. The Balaban J connectivity index is 1.78. The van der Waals surface area contributed by atoms with Gasteiger partial charge in [-0.15, -0.1) is 0 Å². The second kappa shape index (κ2) is 7.05. The van der Waals surface area contributed by atoms with E-state index in [0.29, 0.717) is 29.7 Å². The number of ketones is 1. The number of carbonyl (C=O) groups excluding carboxylic acids is 1. The van der Waals surface area contributed by atoms with Gasteiger partial charge in [0.25, 0.3) is 0 Å². The van der Waals surface area contributed by atoms with E-state index in [1.807, 2.05) is 54.6 Å². The molecule has 2 aromatic carbocycles. The molecule has 134 valence electrons. The fourth-order valence-corrected chi connectivity index (χ4v) is 4.30. The Kier molecular flexibility index (Phi) is 4.59. The quantitative estimate of drug-likeness (QED) is 0.766. The van der Waals surface area contributed by atoms with Gasteiger partial charge in [0.2, 0.25) is 5.88 Å². The van der Waals surface area contributed by atoms with E-state index in [-0.39, 0.29) is 17.6 Å². The van der Waals surface area contributed by atoms with Crippen LogP contribution in [0.2, 0.25) is 0 Å². The molecule has 0 fully saturated rings. The van der Waals surface area contributed by atoms with Gasteiger partial charge in [-0.1, -0.05) is 58.4 Å². The summed E-state index contributed by atoms with van der Waals surface area (Å²) in [7, 11) is 0. The number of allylic oxidation sites excluding steroid dienone is 3. The number of nitrogens with zero attached hydrogens (tertiary/aromatic N) is 1. The number of nitrogens with two attached hydrogens (primary N) is 1. The zero-order valence-electron chi connectivity index (χ0n) is 14.5. The Bertz CT molecular complexity index is 1020. The Morgan fingerprint density at radius 3 is 2.52 bits per heavy atom. The van der Waals surface area contributed by atoms with E-state index >= 15 is 0 Å². The maximum atomic E-state index is 13.1. The zero-order chi connectivity index (χ0) is 19.0. The predicted molar refractivity (Wildman–Crippen MR) is 105 cm³/mol. The van der Waals surface area contributed by atoms with Crippen molar-refractivity contribution in [3.8, 4) is 6.07 Å². The van der Waals surface area contributed by atoms with Crippen LogP contribution in [-0.2, 0) is 9.53 Å². The molecule has 0 bridgehead atoms. The van der Waals surface area contributed by atoms with Gasteiger partial charge in [0.15, 0.2) is 5.78 Å². The number of Topliss-reactive ketones (excluding diaryl/α,β-unsaturated/α-hetero) is 1. The second-order valence-corrected chi connectivity index (χ2v) is 7.67. The van der Waals surface area contributed by atoms with E-state index in [1.165, 1.54) is 0 Å². The number of hydrogen-bond donors (Lipinski definition) is 1. The predicted octanol–water partition coefficient (Wildman–Crippen LogP) is 4.66. The summed E-state index contributed by atoms with van der Waals surface area (Å²) in [5.74, 6) is 0.252. The van der Waals surface area contributed by atoms with Crippen LogP contribution < -0.4 is 5.73 Å². The number of benzene rings is 2. The molecule has 0 saturated carbocycles. The Morgan fingerprint density at radius 1 is 1.07 bits per heavy atom. The average molecular weight is 421 g/mol. The molecule has 0 unspecified atom stereocenters. The van der Waals surface area contributed by atoms with Gasteiger partial charge in [-0.2, -0.15) is 5.26 Å². The molecule has 2 aromatic rings. The minimum absolute atomic E-state index is 0.00956. The van der Waals surface area contributed by atoms with E-state index < -0.39 is 5.92 Å². The summed E-state index contributed by atoms with van der Waals surface area (Å²) in [5, 5.41) is 9.62. The molecule has 5 heteroatoms. The van der Waals surface area contributed by atoms with Gasteiger partial charge in [0, 0.05) is 22.9 Å². The molecule has 0 radical (unpaired) electrons. The van der Waals surface area contributed by atoms with Crippen molar-refractivity contribution >= 4 is 21.7 Å². The Hall–Kier alpha value is -2.84. The summed E-state index contributed by atoms with van der Waals surface area (Å²) < 4.78 is 6.76. The number of halogens is 1. The third kappa shape index (κ3) is 3.17. The molecule has 1 aliphatic heterocycles. The molecule has 1 heterocycles. The largest absolute Gasteiger partial charge is 0.444 e. The van der Waals surface area contributed by atoms with Crippen molar-refractivity contribution in [2.75, 3.05) is 0 Å². The van der Waals surface area contributed by atoms with Crippen LogP contribution in [0.1, 0.15) is 35.8 Å². The summed E-state index contributed by atoms with van der Waals surface area (Å²) >= 11 is 3.49. The maximum Gasteiger partial charge on any atom is 0.205 e. The SMILES string of the molecule is N#CC1=C(N)OC2=C(C(=O)C[C@@H](c3cccc(Br)c3)C2)[C@H]1c1ccccc1. The normalized spacial score (nSPS) is 22.1. The zero-order valence-corrected chi connectivity index (χ0v) is 16.1. The lowest BCUT2D eigenvalue weighted by Crippen LogP contribution is -2.29. The van der Waals surface area contributed by atoms with Gasteiger partial charge in [0.1, 0.15) is 17.4 Å². The van der Waals surface area contributed by atoms with Crippen molar-refractivity contribution in [2.45, 2.75) is 24.7 Å². The summed E-state index contributed by atoms with van der Waals surface area (Å²) in [6.45, 7) is 0. The summed E-state index contributed by atoms with van der Waals surface area (Å²) in [5.41, 5.74) is 8.89. The Labute approximate surface area is 166 Å². The van der Waals surface area contributed by atoms with Crippen molar-refractivity contribution < 1.29 is 9.53 Å². The highest BCUT2D eigenvalue weighted by atomic mass is 79.9. The molecular weight excluding hydrogens is 404 g/mol. The topological polar surface area (TPSA) is 76.1 Å². The van der Waals surface area contributed by atoms with Crippen molar-refractivity contribution in [3.05, 3.63) is 93.0 Å². The van der Waals surface area contributed by atoms with E-state index in [0.717, 1.165) is 15.6 Å². The van der Waals surface area contributed by atoms with Crippen molar-refractivity contribution in [2.24, 2.45) is 5.73 Å². The van der Waals surface area contributed by atoms with Gasteiger partial charge < -0.3 is 10.5 Å². The third-order valence-corrected chi connectivity index (χ3v) is 5.61. The average Bonchev–Trinajstić information content (AvgIpc) is 2.67. The van der Waals surface area contributed by atoms with Gasteiger partial charge in [-0.25, -0.2) is 0 Å². The highest BCUT2D eigenvalue weighted by Crippen LogP contribution is 2.46. The van der Waals surface area contributed by atoms with Crippen LogP contribution in [0.5, 0.6) is 0 Å². The van der Waals surface area contributed by atoms with Gasteiger partial charge >= 0.3 is 0 Å². The highest BCUT2D eigenvalue weighted by molar-refractivity contribution is 9.10. The van der Waals surface area contributed by atoms with Crippen LogP contribution in [0.3, 0.4) is 0 Å². The summed E-state index contributed by atoms with van der Waals surface area (Å²) in [6, 6.07) is 19.6. The van der Waals surface area contributed by atoms with Crippen LogP contribution in [0.15, 0.2) is 81.9 Å². The molecule has 0 saturated heterocycles. The van der Waals surface area contributed by atoms with Crippen LogP contribution >= 0.6 is 15.9 Å². The lowest BCUT2D eigenvalue weighted by Gasteiger charge is -2.34. The number of rotatable bonds is 2. The van der Waals surface area contributed by atoms with Crippen molar-refractivity contribution in [1.82, 2.24) is 0 Å². The monoisotopic (exact) mass is 420 g/mol. The summed E-state index contributed by atoms with van der Waals surface area (Å²) in [4.78, 5) is 13.1. The molecule has 1 aliphatic carbocycles. The molecule has 0 aromatic heterocycles. The number of ether oxygens (including phenoxy) is 1. The standard InChI is InChI=1S/C22H17BrN2O2/c23-16-8-4-7-14(9-16)15-10-18(26)21-19(11-15)27-22(25)17(12-24)20(21)13-5-2-1-3-6-13/h1-9,15,20H,10-11,25H2/t15-,20+/m1/s1. The first kappa shape index (κ1) is 17.6. The minimum Gasteiger partial charge on any atom is -0.444 e. The smallest absolute Gasteiger partial charge is 0.205 e. The molecule has 27 heavy (non-hydrogen) atoms. The fraction of sp³-hybridized carbons (Fsp3) is 0.182. The first-order valence-electron chi connectivity index (χ1n) is 8.72. The minimum atomic E-state index is -0.462. The van der Waals surface area contributed by atoms with E-state index in [2.05, 4.69) is 22.0 Å². The van der Waals surface area contributed by atoms with Crippen molar-refractivity contribution in [1.29, 1.82) is 5.26 Å². The molecule has 2 atom stereocenters. The first-order valence-corrected chi connectivity index (χ1v) is 9.52. The van der Waals surface area contributed by atoms with E-state index in [4.69, 9.17) is 10.5 Å². The van der Waals surface area contributed by atoms with Crippen LogP contribution in [0.4, 0.5) is 0 Å². The van der Waals surface area contributed by atoms with Gasteiger partial charge in [-0.05, 0) is 29.2 Å². The number of hydrogen-bond acceptors (Lipinski definition) is 4. The van der Waals surface area contributed by atoms with Crippen LogP contribution in [-0.4, -0.2) is 5.78 Å². The lowest BCUT2D eigenvalue weighted by molar-refractivity contribution is -0.117. The molecule has 4 nitrogen and oxygen atoms in total. The van der Waals surface area contributed by atoms with E-state index in [9.17, 15) is 10.1 Å². The molecule has 0 amide bonds. The highest BCUT2D eigenvalue weighted by Gasteiger charge is 2.40. The fourth-order valence-electron chi connectivity index (χ4n) is 3.88. The Morgan fingerprint density at radius 2 is 1.81 bits per heavy atom. The van der Waals surface area contributed by atoms with Crippen molar-refractivity contribution in [3.63, 3.8) is 0 Å². The molecular formula is C22H17BrN2O2. The first-order chi connectivity index (χ1) is 13.1. The van der Waals surface area contributed by atoms with E-state index in [1.54, 1.807) is 0 Å². The maximum absolute atomic E-state index is 13.1. The van der Waals surface area contributed by atoms with Crippen LogP contribution in [0.25, 0.3) is 0 Å². The summed E-state index contributed by atoms with van der Waals surface area (Å²) in [6.07, 6.45) is 0.973.